The van der Waals surface area contributed by atoms with Gasteiger partial charge in [-0.05, 0) is 105 Å². The number of aromatic nitrogens is 6. The molecule has 0 fully saturated rings. The fraction of sp³-hybridized carbons (Fsp3) is 0.348. The maximum atomic E-state index is 9.14. The molecule has 300 valence electrons. The van der Waals surface area contributed by atoms with Gasteiger partial charge < -0.3 is 20.8 Å². The number of fused-ring (bicyclic) bond motifs is 2. The van der Waals surface area contributed by atoms with Gasteiger partial charge in [0.2, 0.25) is 0 Å². The Bertz CT molecular complexity index is 2400. The molecule has 58 heavy (non-hydrogen) atoms. The van der Waals surface area contributed by atoms with Gasteiger partial charge in [0, 0.05) is 73.4 Å². The minimum absolute atomic E-state index is 0.130. The Morgan fingerprint density at radius 3 is 1.72 bits per heavy atom. The first-order valence-corrected chi connectivity index (χ1v) is 21.9. The molecule has 0 amide bonds. The Morgan fingerprint density at radius 1 is 0.724 bits per heavy atom. The van der Waals surface area contributed by atoms with Crippen LogP contribution < -0.4 is 10.6 Å². The van der Waals surface area contributed by atoms with Gasteiger partial charge in [0.1, 0.15) is 29.6 Å². The van der Waals surface area contributed by atoms with E-state index in [0.717, 1.165) is 64.3 Å². The highest BCUT2D eigenvalue weighted by Gasteiger charge is 2.33. The Balaban J connectivity index is 0.000000177. The first-order chi connectivity index (χ1) is 28.2. The van der Waals surface area contributed by atoms with Gasteiger partial charge in [0.05, 0.1) is 21.9 Å². The van der Waals surface area contributed by atoms with Gasteiger partial charge in [-0.2, -0.15) is 10.2 Å². The second-order valence-corrected chi connectivity index (χ2v) is 17.2. The maximum absolute atomic E-state index is 9.14. The van der Waals surface area contributed by atoms with Crippen molar-refractivity contribution in [3.8, 4) is 34.6 Å². The summed E-state index contributed by atoms with van der Waals surface area (Å²) >= 11 is 3.89. The van der Waals surface area contributed by atoms with Crippen LogP contribution in [0.1, 0.15) is 75.3 Å². The van der Waals surface area contributed by atoms with Gasteiger partial charge in [-0.1, -0.05) is 48.2 Å². The average Bonchev–Trinajstić information content (AvgIpc) is 3.57. The van der Waals surface area contributed by atoms with Crippen LogP contribution in [0.15, 0.2) is 85.2 Å². The van der Waals surface area contributed by atoms with Crippen molar-refractivity contribution in [1.82, 2.24) is 29.5 Å². The molecule has 4 unspecified atom stereocenters. The van der Waals surface area contributed by atoms with Crippen molar-refractivity contribution in [2.45, 2.75) is 63.1 Å². The monoisotopic (exact) mass is 812 g/mol. The van der Waals surface area contributed by atoms with Gasteiger partial charge in [-0.3, -0.25) is 19.3 Å². The Hall–Kier alpha value is -5.06. The highest BCUT2D eigenvalue weighted by Crippen LogP contribution is 2.48. The quantitative estimate of drug-likeness (QED) is 0.118. The van der Waals surface area contributed by atoms with Crippen molar-refractivity contribution in [3.05, 3.63) is 130 Å². The van der Waals surface area contributed by atoms with Crippen molar-refractivity contribution < 1.29 is 10.2 Å². The van der Waals surface area contributed by atoms with E-state index in [0.29, 0.717) is 12.1 Å². The largest absolute Gasteiger partial charge is 0.396 e. The van der Waals surface area contributed by atoms with E-state index < -0.39 is 0 Å². The molecular formula is C46H52N8O2S2. The SMILES string of the molecule is Cc1cc(C#CCO)ccc1C1SCC(C)Nc2c1c(-c1ccccn1)nn2C.Cc1cc(CCCO)ccc1C1SCC(C)Nc2c1c(-c1ccccn1)nn2C. The minimum atomic E-state index is -0.130. The number of benzene rings is 2. The van der Waals surface area contributed by atoms with Gasteiger partial charge in [-0.15, -0.1) is 23.5 Å². The molecule has 8 rings (SSSR count). The molecule has 2 aromatic carbocycles. The Morgan fingerprint density at radius 2 is 1.26 bits per heavy atom. The summed E-state index contributed by atoms with van der Waals surface area (Å²) in [6.07, 6.45) is 5.35. The summed E-state index contributed by atoms with van der Waals surface area (Å²) in [5.41, 5.74) is 13.3. The molecule has 6 aromatic rings. The molecule has 0 radical (unpaired) electrons. The zero-order chi connectivity index (χ0) is 40.8. The first-order valence-electron chi connectivity index (χ1n) is 19.8. The van der Waals surface area contributed by atoms with Crippen molar-refractivity contribution in [2.24, 2.45) is 14.1 Å². The van der Waals surface area contributed by atoms with Crippen LogP contribution in [0.4, 0.5) is 11.6 Å². The number of hydrogen-bond donors (Lipinski definition) is 4. The molecule has 0 aliphatic carbocycles. The van der Waals surface area contributed by atoms with Crippen LogP contribution in [0.2, 0.25) is 0 Å². The van der Waals surface area contributed by atoms with Crippen LogP contribution in [0.5, 0.6) is 0 Å². The lowest BCUT2D eigenvalue weighted by Gasteiger charge is -2.19. The molecule has 0 saturated heterocycles. The minimum Gasteiger partial charge on any atom is -0.396 e. The number of nitrogens with one attached hydrogen (secondary N) is 2. The number of thioether (sulfide) groups is 2. The number of anilines is 2. The fourth-order valence-electron chi connectivity index (χ4n) is 7.65. The first kappa shape index (κ1) is 41.1. The lowest BCUT2D eigenvalue weighted by atomic mass is 9.95. The maximum Gasteiger partial charge on any atom is 0.129 e. The third-order valence-electron chi connectivity index (χ3n) is 10.4. The molecule has 6 heterocycles. The molecule has 0 spiro atoms. The summed E-state index contributed by atoms with van der Waals surface area (Å²) in [7, 11) is 3.99. The van der Waals surface area contributed by atoms with E-state index in [1.165, 1.54) is 38.9 Å². The molecule has 2 aliphatic heterocycles. The van der Waals surface area contributed by atoms with E-state index in [4.69, 9.17) is 20.4 Å². The van der Waals surface area contributed by atoms with E-state index in [-0.39, 0.29) is 23.7 Å². The predicted molar refractivity (Wildman–Crippen MR) is 239 cm³/mol. The predicted octanol–water partition coefficient (Wildman–Crippen LogP) is 8.12. The molecule has 10 nitrogen and oxygen atoms in total. The van der Waals surface area contributed by atoms with Crippen LogP contribution in [-0.4, -0.2) is 76.5 Å². The summed E-state index contributed by atoms with van der Waals surface area (Å²) in [6.45, 7) is 8.84. The summed E-state index contributed by atoms with van der Waals surface area (Å²) in [4.78, 5) is 9.15. The third kappa shape index (κ3) is 8.98. The molecule has 0 saturated carbocycles. The normalized spacial score (nSPS) is 18.5. The number of pyridine rings is 2. The third-order valence-corrected chi connectivity index (χ3v) is 13.4. The smallest absolute Gasteiger partial charge is 0.129 e. The number of aliphatic hydroxyl groups excluding tert-OH is 2. The Labute approximate surface area is 350 Å². The lowest BCUT2D eigenvalue weighted by Crippen LogP contribution is -2.18. The van der Waals surface area contributed by atoms with Gasteiger partial charge in [-0.25, -0.2) is 0 Å². The van der Waals surface area contributed by atoms with Crippen molar-refractivity contribution in [1.29, 1.82) is 0 Å². The van der Waals surface area contributed by atoms with Crippen molar-refractivity contribution in [2.75, 3.05) is 35.4 Å². The second kappa shape index (κ2) is 18.7. The Kier molecular flexibility index (Phi) is 13.2. The zero-order valence-corrected chi connectivity index (χ0v) is 35.7. The summed E-state index contributed by atoms with van der Waals surface area (Å²) in [5, 5.41) is 35.4. The molecule has 0 bridgehead atoms. The number of aliphatic hydroxyl groups is 2. The van der Waals surface area contributed by atoms with Crippen LogP contribution >= 0.6 is 23.5 Å². The van der Waals surface area contributed by atoms with E-state index >= 15 is 0 Å². The van der Waals surface area contributed by atoms with Gasteiger partial charge in [0.25, 0.3) is 0 Å². The van der Waals surface area contributed by atoms with Gasteiger partial charge >= 0.3 is 0 Å². The summed E-state index contributed by atoms with van der Waals surface area (Å²) < 4.78 is 3.89. The van der Waals surface area contributed by atoms with Crippen LogP contribution in [-0.2, 0) is 20.5 Å². The summed E-state index contributed by atoms with van der Waals surface area (Å²) in [6, 6.07) is 25.6. The molecule has 2 aliphatic rings. The molecule has 12 heteroatoms. The van der Waals surface area contributed by atoms with E-state index in [1.807, 2.05) is 102 Å². The van der Waals surface area contributed by atoms with Gasteiger partial charge in [0.15, 0.2) is 0 Å². The highest BCUT2D eigenvalue weighted by atomic mass is 32.2. The lowest BCUT2D eigenvalue weighted by molar-refractivity contribution is 0.288. The molecule has 4 atom stereocenters. The number of aryl methyl sites for hydroxylation is 5. The standard InChI is InChI=1S/C23H28N4OS.C23H24N4OS/c2*1-15-13-17(7-6-12-28)9-10-18(15)22-20-21(19-8-4-5-11-24-19)26-27(3)23(20)25-16(2)14-29-22/h4-5,8-11,13,16,22,25,28H,6-7,12,14H2,1-3H3;4-5,8-11,13,16,22,25,28H,12,14H2,1-3H3. The van der Waals surface area contributed by atoms with Crippen LogP contribution in [0, 0.1) is 25.7 Å². The van der Waals surface area contributed by atoms with E-state index in [2.05, 4.69) is 90.5 Å². The van der Waals surface area contributed by atoms with Crippen molar-refractivity contribution >= 4 is 35.2 Å². The number of nitrogens with zero attached hydrogens (tertiary/aromatic N) is 6. The van der Waals surface area contributed by atoms with E-state index in [1.54, 1.807) is 0 Å². The highest BCUT2D eigenvalue weighted by molar-refractivity contribution is 8.00. The summed E-state index contributed by atoms with van der Waals surface area (Å²) in [5.74, 6) is 9.87. The van der Waals surface area contributed by atoms with Crippen molar-refractivity contribution in [3.63, 3.8) is 0 Å². The fourth-order valence-corrected chi connectivity index (χ4v) is 10.4. The van der Waals surface area contributed by atoms with Crippen LogP contribution in [0.3, 0.4) is 0 Å². The average molecular weight is 813 g/mol. The van der Waals surface area contributed by atoms with Crippen LogP contribution in [0.25, 0.3) is 22.8 Å². The molecule has 4 aromatic heterocycles. The second-order valence-electron chi connectivity index (χ2n) is 15.0. The number of hydrogen-bond acceptors (Lipinski definition) is 10. The van der Waals surface area contributed by atoms with E-state index in [9.17, 15) is 0 Å². The number of rotatable bonds is 7. The molecule has 4 N–H and O–H groups in total. The topological polar surface area (TPSA) is 126 Å². The molecular weight excluding hydrogens is 761 g/mol. The zero-order valence-electron chi connectivity index (χ0n) is 34.0.